The maximum atomic E-state index is 10.1. The van der Waals surface area contributed by atoms with Crippen LogP contribution in [0.15, 0.2) is 0 Å². The summed E-state index contributed by atoms with van der Waals surface area (Å²) in [5.41, 5.74) is 0. The second-order valence-electron chi connectivity index (χ2n) is 0.911. The van der Waals surface area contributed by atoms with Gasteiger partial charge in [-0.1, -0.05) is 0 Å². The van der Waals surface area contributed by atoms with E-state index in [1.807, 2.05) is 0 Å². The van der Waals surface area contributed by atoms with Gasteiger partial charge in [0.05, 0.1) is 0 Å². The van der Waals surface area contributed by atoms with Gasteiger partial charge in [0.15, 0.2) is 0 Å². The summed E-state index contributed by atoms with van der Waals surface area (Å²) >= 11 is -0.846. The fraction of sp³-hybridized carbons (Fsp3) is 0.500. The van der Waals surface area contributed by atoms with Crippen LogP contribution in [0.25, 0.3) is 0 Å². The van der Waals surface area contributed by atoms with Gasteiger partial charge >= 0.3 is 55.8 Å². The summed E-state index contributed by atoms with van der Waals surface area (Å²) in [5, 5.41) is 0.266. The zero-order chi connectivity index (χ0) is 5.70. The molecule has 0 aliphatic carbocycles. The van der Waals surface area contributed by atoms with Crippen molar-refractivity contribution in [1.29, 1.82) is 4.14 Å². The third kappa shape index (κ3) is 4.11. The molecule has 0 aliphatic rings. The predicted octanol–water partition coefficient (Wildman–Crippen LogP) is -1.59. The molecule has 0 spiro atoms. The van der Waals surface area contributed by atoms with Crippen LogP contribution in [0.5, 0.6) is 0 Å². The monoisotopic (exact) mass is 223 g/mol. The average molecular weight is 220 g/mol. The molecule has 0 atom stereocenters. The fourth-order valence-electron chi connectivity index (χ4n) is 0.137. The molecule has 0 aliphatic heterocycles. The summed E-state index contributed by atoms with van der Waals surface area (Å²) in [4.78, 5) is 10.1. The van der Waals surface area contributed by atoms with Gasteiger partial charge < -0.3 is 0 Å². The number of hydrogen-bond acceptors (Lipinski definition) is 3. The molecular weight excluding hydrogens is 215 g/mol. The van der Waals surface area contributed by atoms with E-state index in [1.165, 1.54) is 0 Å². The number of carbonyl (C=O) groups excluding carboxylic acids is 1. The Labute approximate surface area is 56.1 Å². The van der Waals surface area contributed by atoms with Crippen molar-refractivity contribution in [3.63, 3.8) is 0 Å². The second kappa shape index (κ2) is 4.43. The standard InChI is InChI=1S/C2H5Ge2NO2/c3-7-2(6)1-4-5/h1H2,3H3. The molecule has 0 aromatic carbocycles. The van der Waals surface area contributed by atoms with Crippen molar-refractivity contribution in [2.45, 2.75) is 5.25 Å². The molecule has 0 aromatic rings. The van der Waals surface area contributed by atoms with Gasteiger partial charge in [-0.05, 0) is 0 Å². The Bertz CT molecular complexity index is 107. The second-order valence-corrected chi connectivity index (χ2v) is 3.17. The zero-order valence-electron chi connectivity index (χ0n) is 3.97. The van der Waals surface area contributed by atoms with Crippen LogP contribution in [0.2, 0.25) is 5.25 Å². The van der Waals surface area contributed by atoms with Gasteiger partial charge in [-0.2, -0.15) is 0 Å². The predicted molar refractivity (Wildman–Crippen MR) is 28.3 cm³/mol. The van der Waals surface area contributed by atoms with Crippen LogP contribution in [-0.4, -0.2) is 37.9 Å². The molecule has 0 unspecified atom stereocenters. The molecule has 7 heavy (non-hydrogen) atoms. The Morgan fingerprint density at radius 1 is 2.00 bits per heavy atom. The van der Waals surface area contributed by atoms with Crippen LogP contribution in [0.4, 0.5) is 0 Å². The third-order valence-corrected chi connectivity index (χ3v) is 2.34. The minimum atomic E-state index is -0.990. The Balaban J connectivity index is 3.23. The molecule has 0 aromatic heterocycles. The topological polar surface area (TPSA) is 50.1 Å². The van der Waals surface area contributed by atoms with Crippen molar-refractivity contribution in [2.75, 3.05) is 0 Å². The van der Waals surface area contributed by atoms with Crippen LogP contribution in [-0.2, 0) is 8.56 Å². The summed E-state index contributed by atoms with van der Waals surface area (Å²) in [6, 6.07) is 0. The molecule has 0 amide bonds. The van der Waals surface area contributed by atoms with E-state index in [2.05, 4.69) is 3.76 Å². The molecule has 0 saturated carbocycles. The first-order valence-electron chi connectivity index (χ1n) is 1.75. The number of hydrogen-bond donors (Lipinski definition) is 0. The van der Waals surface area contributed by atoms with Crippen LogP contribution in [0.3, 0.4) is 0 Å². The van der Waals surface area contributed by atoms with E-state index in [-0.39, 0.29) is 28.1 Å². The summed E-state index contributed by atoms with van der Waals surface area (Å²) in [6.45, 7) is 0. The molecule has 0 saturated heterocycles. The molecule has 38 valence electrons. The Hall–Kier alpha value is 0.266. The number of nitrogens with zero attached hydrogens (tertiary/aromatic N) is 1. The average Bonchev–Trinajstić information content (AvgIpc) is 1.68. The van der Waals surface area contributed by atoms with Gasteiger partial charge in [0, 0.05) is 0 Å². The Morgan fingerprint density at radius 3 is 2.71 bits per heavy atom. The number of rotatable bonds is 1. The van der Waals surface area contributed by atoms with Gasteiger partial charge in [-0.25, -0.2) is 0 Å². The maximum absolute atomic E-state index is 10.1. The first kappa shape index (κ1) is 7.27. The molecule has 0 heterocycles. The first-order chi connectivity index (χ1) is 3.31. The van der Waals surface area contributed by atoms with Crippen LogP contribution in [0, 0.1) is 4.14 Å². The van der Waals surface area contributed by atoms with E-state index < -0.39 is 15.1 Å². The van der Waals surface area contributed by atoms with E-state index in [0.29, 0.717) is 0 Å². The normalized spacial score (nSPS) is 7.29. The van der Waals surface area contributed by atoms with Crippen LogP contribution in [0.1, 0.15) is 0 Å². The zero-order valence-corrected chi connectivity index (χ0v) is 10.3. The molecule has 0 fully saturated rings. The Morgan fingerprint density at radius 2 is 2.57 bits per heavy atom. The minimum absolute atomic E-state index is 0.144. The van der Waals surface area contributed by atoms with Crippen molar-refractivity contribution < 1.29 is 8.56 Å². The van der Waals surface area contributed by atoms with Crippen LogP contribution >= 0.6 is 0 Å². The van der Waals surface area contributed by atoms with Gasteiger partial charge in [-0.15, -0.1) is 0 Å². The van der Waals surface area contributed by atoms with E-state index in [4.69, 9.17) is 4.14 Å². The summed E-state index contributed by atoms with van der Waals surface area (Å²) in [7, 11) is 0. The fourth-order valence-corrected chi connectivity index (χ4v) is 2.28. The van der Waals surface area contributed by atoms with Crippen LogP contribution < -0.4 is 0 Å². The number of carbonyl (C=O) groups is 1. The van der Waals surface area contributed by atoms with E-state index in [9.17, 15) is 4.79 Å². The summed E-state index contributed by atoms with van der Waals surface area (Å²) in [5.74, 6) is -0.234. The van der Waals surface area contributed by atoms with Crippen molar-refractivity contribution >= 4 is 37.9 Å². The van der Waals surface area contributed by atoms with Crippen molar-refractivity contribution in [1.82, 2.24) is 0 Å². The summed E-state index contributed by atoms with van der Waals surface area (Å²) < 4.78 is 12.6. The molecule has 0 rings (SSSR count). The first-order valence-corrected chi connectivity index (χ1v) is 5.88. The molecule has 5 heteroatoms. The quantitative estimate of drug-likeness (QED) is 0.501. The van der Waals surface area contributed by atoms with Gasteiger partial charge in [-0.3, -0.25) is 0 Å². The third-order valence-electron chi connectivity index (χ3n) is 0.451. The van der Waals surface area contributed by atoms with E-state index in [1.54, 1.807) is 0 Å². The molecule has 3 nitrogen and oxygen atoms in total. The van der Waals surface area contributed by atoms with Gasteiger partial charge in [0.2, 0.25) is 0 Å². The van der Waals surface area contributed by atoms with Crippen molar-refractivity contribution in [2.24, 2.45) is 0 Å². The Kier molecular flexibility index (Phi) is 4.59. The molecule has 0 bridgehead atoms. The molecular formula is C2H5Ge2NO2. The summed E-state index contributed by atoms with van der Waals surface area (Å²) in [6.07, 6.45) is 0. The van der Waals surface area contributed by atoms with Crippen molar-refractivity contribution in [3.8, 4) is 0 Å². The van der Waals surface area contributed by atoms with Gasteiger partial charge in [0.1, 0.15) is 0 Å². The van der Waals surface area contributed by atoms with E-state index in [0.717, 1.165) is 0 Å². The van der Waals surface area contributed by atoms with E-state index >= 15 is 0 Å². The van der Waals surface area contributed by atoms with Gasteiger partial charge in [0.25, 0.3) is 0 Å². The molecule has 0 radical (unpaired) electrons. The molecule has 0 N–H and O–H groups in total. The SMILES string of the molecule is [N]#[Ge][CH2]C(=O)[O][GeH3]. The van der Waals surface area contributed by atoms with Crippen molar-refractivity contribution in [3.05, 3.63) is 0 Å².